The molecule has 1 fully saturated rings. The second kappa shape index (κ2) is 9.29. The number of anilines is 4. The van der Waals surface area contributed by atoms with E-state index >= 15 is 0 Å². The number of rotatable bonds is 7. The number of nitrogens with zero attached hydrogens (tertiary/aromatic N) is 3. The van der Waals surface area contributed by atoms with E-state index < -0.39 is 21.6 Å². The number of nitrogens with one attached hydrogen (secondary N) is 3. The van der Waals surface area contributed by atoms with Crippen molar-refractivity contribution >= 4 is 50.2 Å². The second-order valence-corrected chi connectivity index (χ2v) is 10.2. The summed E-state index contributed by atoms with van der Waals surface area (Å²) in [4.78, 5) is 23.6. The molecule has 4 rings (SSSR count). The molecule has 2 aromatic heterocycles. The summed E-state index contributed by atoms with van der Waals surface area (Å²) in [5, 5.41) is 3.87. The summed E-state index contributed by atoms with van der Waals surface area (Å²) in [5.41, 5.74) is -4.16. The molecule has 3 N–H and O–H groups in total. The van der Waals surface area contributed by atoms with Gasteiger partial charge in [0.25, 0.3) is 0 Å². The lowest BCUT2D eigenvalue weighted by Gasteiger charge is -2.40. The number of carbonyl (C=O) groups is 1. The Hall–Kier alpha value is -3.48. The molecule has 1 aliphatic heterocycles. The summed E-state index contributed by atoms with van der Waals surface area (Å²) in [6, 6.07) is 9.19. The van der Waals surface area contributed by atoms with Crippen molar-refractivity contribution in [3.8, 4) is 0 Å². The van der Waals surface area contributed by atoms with Crippen molar-refractivity contribution in [2.75, 3.05) is 39.5 Å². The molecule has 0 spiro atoms. The first-order valence-electron chi connectivity index (χ1n) is 10.9. The molecule has 1 saturated heterocycles. The molecule has 13 heteroatoms. The quantitative estimate of drug-likeness (QED) is 0.417. The maximum absolute atomic E-state index is 12.7. The van der Waals surface area contributed by atoms with E-state index in [1.807, 2.05) is 35.8 Å². The van der Waals surface area contributed by atoms with Crippen molar-refractivity contribution in [2.24, 2.45) is 0 Å². The van der Waals surface area contributed by atoms with Crippen LogP contribution >= 0.6 is 0 Å². The van der Waals surface area contributed by atoms with E-state index in [-0.39, 0.29) is 11.7 Å². The van der Waals surface area contributed by atoms with Crippen molar-refractivity contribution in [3.63, 3.8) is 0 Å². The highest BCUT2D eigenvalue weighted by atomic mass is 32.2. The van der Waals surface area contributed by atoms with Gasteiger partial charge in [-0.05, 0) is 50.2 Å². The van der Waals surface area contributed by atoms with E-state index in [9.17, 15) is 26.4 Å². The van der Waals surface area contributed by atoms with Crippen LogP contribution in [0.2, 0.25) is 0 Å². The molecule has 1 aliphatic rings. The number of hydrogen-bond acceptors (Lipinski definition) is 7. The molecular formula is C22H25F3N6O3S. The first kappa shape index (κ1) is 24.6. The van der Waals surface area contributed by atoms with E-state index in [0.29, 0.717) is 36.4 Å². The van der Waals surface area contributed by atoms with Gasteiger partial charge in [-0.3, -0.25) is 4.72 Å². The van der Waals surface area contributed by atoms with Gasteiger partial charge in [0.1, 0.15) is 18.1 Å². The number of H-pyrrole nitrogens is 1. The Morgan fingerprint density at radius 1 is 1.20 bits per heavy atom. The Balaban J connectivity index is 1.55. The van der Waals surface area contributed by atoms with Crippen LogP contribution < -0.4 is 19.8 Å². The SMILES string of the molecule is CC(C)Nc1cccnc1N1CCN(c2cc3cc(NS(=O)(=O)C(F)(F)F)ccc3[nH]2)C(C=O)C1. The monoisotopic (exact) mass is 510 g/mol. The summed E-state index contributed by atoms with van der Waals surface area (Å²) in [7, 11) is -5.52. The Morgan fingerprint density at radius 2 is 1.97 bits per heavy atom. The van der Waals surface area contributed by atoms with E-state index in [1.165, 1.54) is 18.2 Å². The van der Waals surface area contributed by atoms with Crippen LogP contribution in [0.3, 0.4) is 0 Å². The zero-order valence-electron chi connectivity index (χ0n) is 19.0. The normalized spacial score (nSPS) is 17.1. The third-order valence-corrected chi connectivity index (χ3v) is 6.69. The minimum atomic E-state index is -5.52. The van der Waals surface area contributed by atoms with E-state index in [1.54, 1.807) is 17.0 Å². The van der Waals surface area contributed by atoms with Gasteiger partial charge in [-0.15, -0.1) is 0 Å². The van der Waals surface area contributed by atoms with Gasteiger partial charge in [0.15, 0.2) is 5.82 Å². The van der Waals surface area contributed by atoms with Gasteiger partial charge < -0.3 is 24.9 Å². The summed E-state index contributed by atoms with van der Waals surface area (Å²) < 4.78 is 62.5. The number of aromatic amines is 1. The number of benzene rings is 1. The van der Waals surface area contributed by atoms with Crippen LogP contribution in [0.15, 0.2) is 42.6 Å². The molecule has 1 unspecified atom stereocenters. The highest BCUT2D eigenvalue weighted by Gasteiger charge is 2.46. The standard InChI is InChI=1S/C22H25F3N6O3S/c1-14(2)27-19-4-3-7-26-21(19)30-8-9-31(17(12-30)13-32)20-11-15-10-16(5-6-18(15)28-20)29-35(33,34)22(23,24)25/h3-7,10-11,13-14,17,27-29H,8-9,12H2,1-2H3. The fourth-order valence-electron chi connectivity index (χ4n) is 4.04. The topological polar surface area (TPSA) is 110 Å². The molecule has 188 valence electrons. The molecule has 0 saturated carbocycles. The molecule has 3 aromatic rings. The van der Waals surface area contributed by atoms with Crippen molar-refractivity contribution in [1.82, 2.24) is 9.97 Å². The molecule has 1 atom stereocenters. The zero-order chi connectivity index (χ0) is 25.4. The number of halogens is 3. The Labute approximate surface area is 200 Å². The molecule has 1 aromatic carbocycles. The summed E-state index contributed by atoms with van der Waals surface area (Å²) in [5.74, 6) is 1.36. The third-order valence-electron chi connectivity index (χ3n) is 5.58. The molecule has 35 heavy (non-hydrogen) atoms. The highest BCUT2D eigenvalue weighted by molar-refractivity contribution is 7.93. The fraction of sp³-hybridized carbons (Fsp3) is 0.364. The van der Waals surface area contributed by atoms with Gasteiger partial charge in [0, 0.05) is 48.5 Å². The number of aldehydes is 1. The predicted octanol–water partition coefficient (Wildman–Crippen LogP) is 3.54. The lowest BCUT2D eigenvalue weighted by atomic mass is 10.1. The summed E-state index contributed by atoms with van der Waals surface area (Å²) in [6.45, 7) is 5.51. The van der Waals surface area contributed by atoms with Gasteiger partial charge in [-0.25, -0.2) is 4.98 Å². The van der Waals surface area contributed by atoms with Crippen molar-refractivity contribution < 1.29 is 26.4 Å². The average molecular weight is 511 g/mol. The summed E-state index contributed by atoms with van der Waals surface area (Å²) in [6.07, 6.45) is 2.55. The minimum Gasteiger partial charge on any atom is -0.380 e. The summed E-state index contributed by atoms with van der Waals surface area (Å²) >= 11 is 0. The number of fused-ring (bicyclic) bond motifs is 1. The molecule has 0 aliphatic carbocycles. The van der Waals surface area contributed by atoms with Gasteiger partial charge in [-0.2, -0.15) is 21.6 Å². The number of alkyl halides is 3. The number of hydrogen-bond donors (Lipinski definition) is 3. The average Bonchev–Trinajstić information content (AvgIpc) is 3.21. The number of aromatic nitrogens is 2. The predicted molar refractivity (Wildman–Crippen MR) is 129 cm³/mol. The molecule has 0 amide bonds. The number of sulfonamides is 1. The van der Waals surface area contributed by atoms with Crippen LogP contribution in [0.5, 0.6) is 0 Å². The van der Waals surface area contributed by atoms with Crippen LogP contribution in [0.25, 0.3) is 10.9 Å². The first-order valence-corrected chi connectivity index (χ1v) is 12.4. The maximum atomic E-state index is 12.7. The molecule has 3 heterocycles. The molecule has 0 radical (unpaired) electrons. The number of pyridine rings is 1. The van der Waals surface area contributed by atoms with E-state index in [0.717, 1.165) is 17.8 Å². The van der Waals surface area contributed by atoms with Crippen LogP contribution in [0.4, 0.5) is 36.2 Å². The van der Waals surface area contributed by atoms with Crippen molar-refractivity contribution in [1.29, 1.82) is 0 Å². The minimum absolute atomic E-state index is 0.206. The molecule has 0 bridgehead atoms. The van der Waals surface area contributed by atoms with Crippen LogP contribution in [-0.2, 0) is 14.8 Å². The lowest BCUT2D eigenvalue weighted by molar-refractivity contribution is -0.109. The fourth-order valence-corrected chi connectivity index (χ4v) is 4.59. The Morgan fingerprint density at radius 3 is 2.66 bits per heavy atom. The van der Waals surface area contributed by atoms with Crippen molar-refractivity contribution in [3.05, 3.63) is 42.6 Å². The van der Waals surface area contributed by atoms with Crippen LogP contribution in [0, 0.1) is 0 Å². The Bertz CT molecular complexity index is 1330. The Kier molecular flexibility index (Phi) is 6.54. The van der Waals surface area contributed by atoms with Crippen LogP contribution in [0.1, 0.15) is 13.8 Å². The van der Waals surface area contributed by atoms with E-state index in [2.05, 4.69) is 15.3 Å². The van der Waals surface area contributed by atoms with Gasteiger partial charge in [-0.1, -0.05) is 0 Å². The first-order chi connectivity index (χ1) is 16.5. The van der Waals surface area contributed by atoms with Gasteiger partial charge in [0.2, 0.25) is 0 Å². The maximum Gasteiger partial charge on any atom is 0.516 e. The second-order valence-electron chi connectivity index (χ2n) is 8.52. The third kappa shape index (κ3) is 5.14. The lowest BCUT2D eigenvalue weighted by Crippen LogP contribution is -2.54. The number of piperazine rings is 1. The zero-order valence-corrected chi connectivity index (χ0v) is 19.8. The van der Waals surface area contributed by atoms with Gasteiger partial charge in [0.05, 0.1) is 5.69 Å². The smallest absolute Gasteiger partial charge is 0.380 e. The molecule has 9 nitrogen and oxygen atoms in total. The highest BCUT2D eigenvalue weighted by Crippen LogP contribution is 2.31. The van der Waals surface area contributed by atoms with Gasteiger partial charge >= 0.3 is 15.5 Å². The number of carbonyl (C=O) groups excluding carboxylic acids is 1. The molecular weight excluding hydrogens is 485 g/mol. The van der Waals surface area contributed by atoms with E-state index in [4.69, 9.17) is 0 Å². The largest absolute Gasteiger partial charge is 0.516 e. The van der Waals surface area contributed by atoms with Crippen molar-refractivity contribution in [2.45, 2.75) is 31.4 Å². The van der Waals surface area contributed by atoms with Crippen LogP contribution in [-0.4, -0.2) is 61.9 Å².